The third-order valence-corrected chi connectivity index (χ3v) is 4.45. The maximum Gasteiger partial charge on any atom is 0.327 e. The number of fused-ring (bicyclic) bond motifs is 2. The van der Waals surface area contributed by atoms with E-state index in [0.717, 1.165) is 0 Å². The van der Waals surface area contributed by atoms with Crippen molar-refractivity contribution in [3.8, 4) is 11.3 Å². The second kappa shape index (κ2) is 7.45. The van der Waals surface area contributed by atoms with Crippen LogP contribution >= 0.6 is 0 Å². The van der Waals surface area contributed by atoms with Gasteiger partial charge in [0.1, 0.15) is 17.9 Å². The zero-order chi connectivity index (χ0) is 19.7. The van der Waals surface area contributed by atoms with Gasteiger partial charge in [-0.2, -0.15) is 0 Å². The maximum atomic E-state index is 12.1. The molecule has 3 rings (SSSR count). The van der Waals surface area contributed by atoms with Crippen molar-refractivity contribution < 1.29 is 20.4 Å². The van der Waals surface area contributed by atoms with Crippen LogP contribution < -0.4 is 16.7 Å². The number of pyridine rings is 1. The van der Waals surface area contributed by atoms with E-state index in [1.807, 2.05) is 0 Å². The summed E-state index contributed by atoms with van der Waals surface area (Å²) in [6.07, 6.45) is -4.54. The van der Waals surface area contributed by atoms with Crippen LogP contribution in [0.25, 0.3) is 22.3 Å². The van der Waals surface area contributed by atoms with Crippen molar-refractivity contribution in [1.29, 1.82) is 0 Å². The lowest BCUT2D eigenvalue weighted by molar-refractivity contribution is -0.0790. The van der Waals surface area contributed by atoms with E-state index in [0.29, 0.717) is 11.3 Å². The highest BCUT2D eigenvalue weighted by Gasteiger charge is 2.24. The number of nitrogens with one attached hydrogen (secondary N) is 2. The SMILES string of the molecule is O=c1ccc2cc3c(=O)[nH]c(=O)[nH]c3n(CC[C@H](O)[C@H](O)[C@H](O)CO)c-2c1. The largest absolute Gasteiger partial charge is 0.394 e. The first kappa shape index (κ1) is 19.0. The standard InChI is InChI=1S/C17H19N3O7/c21-7-13(24)14(25)12(23)3-4-20-11-6-9(22)2-1-8(11)5-10-15(20)18-17(27)19-16(10)26/h1-2,5-6,12-14,21,23-25H,3-4,7H2,(H2,18,19,26,27)/t12-,13+,14-/m0/s1. The molecule has 0 saturated heterocycles. The van der Waals surface area contributed by atoms with Crippen LogP contribution in [-0.4, -0.2) is 59.9 Å². The van der Waals surface area contributed by atoms with E-state index < -0.39 is 36.2 Å². The molecule has 10 nitrogen and oxygen atoms in total. The summed E-state index contributed by atoms with van der Waals surface area (Å²) >= 11 is 0. The maximum absolute atomic E-state index is 12.1. The number of H-pyrrole nitrogens is 2. The molecule has 2 heterocycles. The molecule has 1 aromatic rings. The summed E-state index contributed by atoms with van der Waals surface area (Å²) < 4.78 is 1.49. The van der Waals surface area contributed by atoms with E-state index in [1.54, 1.807) is 6.07 Å². The number of benzene rings is 1. The Balaban J connectivity index is 2.11. The molecule has 1 aliphatic carbocycles. The van der Waals surface area contributed by atoms with Gasteiger partial charge < -0.3 is 25.0 Å². The van der Waals surface area contributed by atoms with E-state index in [4.69, 9.17) is 5.11 Å². The number of aromatic amines is 2. The van der Waals surface area contributed by atoms with E-state index >= 15 is 0 Å². The summed E-state index contributed by atoms with van der Waals surface area (Å²) in [5, 5.41) is 38.4. The Morgan fingerprint density at radius 3 is 2.44 bits per heavy atom. The normalized spacial score (nSPS) is 15.1. The lowest BCUT2D eigenvalue weighted by atomic mass is 10.0. The smallest absolute Gasteiger partial charge is 0.327 e. The molecule has 0 spiro atoms. The number of aryl methyl sites for hydroxylation is 1. The Morgan fingerprint density at radius 2 is 1.74 bits per heavy atom. The highest BCUT2D eigenvalue weighted by Crippen LogP contribution is 2.25. The Hall–Kier alpha value is -2.79. The van der Waals surface area contributed by atoms with Crippen LogP contribution in [0.1, 0.15) is 6.42 Å². The topological polar surface area (TPSA) is 169 Å². The Bertz CT molecular complexity index is 1100. The molecule has 3 atom stereocenters. The minimum atomic E-state index is -1.57. The van der Waals surface area contributed by atoms with Crippen molar-refractivity contribution in [3.63, 3.8) is 0 Å². The van der Waals surface area contributed by atoms with Crippen LogP contribution in [0.15, 0.2) is 38.6 Å². The molecule has 0 fully saturated rings. The third-order valence-electron chi connectivity index (χ3n) is 4.45. The monoisotopic (exact) mass is 377 g/mol. The van der Waals surface area contributed by atoms with Gasteiger partial charge in [0.25, 0.3) is 5.56 Å². The first-order valence-corrected chi connectivity index (χ1v) is 8.27. The first-order valence-electron chi connectivity index (χ1n) is 8.27. The summed E-state index contributed by atoms with van der Waals surface area (Å²) in [6.45, 7) is -0.697. The molecule has 0 bridgehead atoms. The average molecular weight is 377 g/mol. The molecule has 0 unspecified atom stereocenters. The van der Waals surface area contributed by atoms with Gasteiger partial charge in [-0.1, -0.05) is 0 Å². The Morgan fingerprint density at radius 1 is 1.00 bits per heavy atom. The first-order chi connectivity index (χ1) is 12.8. The van der Waals surface area contributed by atoms with Crippen LogP contribution in [0, 0.1) is 0 Å². The number of aliphatic hydroxyl groups is 4. The number of hydrogen-bond acceptors (Lipinski definition) is 7. The molecule has 1 aliphatic heterocycles. The molecule has 6 N–H and O–H groups in total. The van der Waals surface area contributed by atoms with Crippen molar-refractivity contribution in [2.24, 2.45) is 0 Å². The van der Waals surface area contributed by atoms with Gasteiger partial charge in [-0.3, -0.25) is 19.6 Å². The van der Waals surface area contributed by atoms with Crippen molar-refractivity contribution in [2.75, 3.05) is 6.61 Å². The van der Waals surface area contributed by atoms with E-state index in [2.05, 4.69) is 9.97 Å². The molecule has 0 saturated carbocycles. The Kier molecular flexibility index (Phi) is 5.24. The quantitative estimate of drug-likeness (QED) is 0.269. The van der Waals surface area contributed by atoms with E-state index in [1.165, 1.54) is 22.8 Å². The minimum absolute atomic E-state index is 0.0209. The molecule has 1 aromatic heterocycles. The van der Waals surface area contributed by atoms with Crippen molar-refractivity contribution >= 4 is 11.0 Å². The van der Waals surface area contributed by atoms with Crippen molar-refractivity contribution in [2.45, 2.75) is 31.3 Å². The highest BCUT2D eigenvalue weighted by molar-refractivity contribution is 5.82. The average Bonchev–Trinajstić information content (AvgIpc) is 2.64. The van der Waals surface area contributed by atoms with Crippen molar-refractivity contribution in [3.05, 3.63) is 55.3 Å². The summed E-state index contributed by atoms with van der Waals surface area (Å²) in [6, 6.07) is 5.75. The van der Waals surface area contributed by atoms with Crippen molar-refractivity contribution in [1.82, 2.24) is 14.5 Å². The fraction of sp³-hybridized carbons (Fsp3) is 0.353. The summed E-state index contributed by atoms with van der Waals surface area (Å²) in [4.78, 5) is 40.3. The zero-order valence-electron chi connectivity index (χ0n) is 14.1. The molecular weight excluding hydrogens is 358 g/mol. The van der Waals surface area contributed by atoms with Gasteiger partial charge in [0.15, 0.2) is 5.43 Å². The summed E-state index contributed by atoms with van der Waals surface area (Å²) in [7, 11) is 0. The fourth-order valence-electron chi connectivity index (χ4n) is 3.01. The lowest BCUT2D eigenvalue weighted by Gasteiger charge is -2.23. The molecule has 10 heteroatoms. The predicted molar refractivity (Wildman–Crippen MR) is 95.8 cm³/mol. The van der Waals surface area contributed by atoms with Gasteiger partial charge in [-0.15, -0.1) is 0 Å². The minimum Gasteiger partial charge on any atom is -0.394 e. The van der Waals surface area contributed by atoms with Crippen LogP contribution in [-0.2, 0) is 6.54 Å². The van der Waals surface area contributed by atoms with E-state index in [-0.39, 0.29) is 29.4 Å². The van der Waals surface area contributed by atoms with Crippen LogP contribution in [0.5, 0.6) is 0 Å². The second-order valence-corrected chi connectivity index (χ2v) is 6.28. The molecule has 144 valence electrons. The zero-order valence-corrected chi connectivity index (χ0v) is 14.1. The van der Waals surface area contributed by atoms with Crippen LogP contribution in [0.3, 0.4) is 0 Å². The number of rotatable bonds is 6. The lowest BCUT2D eigenvalue weighted by Crippen LogP contribution is -2.40. The predicted octanol–water partition coefficient (Wildman–Crippen LogP) is -2.05. The van der Waals surface area contributed by atoms with Gasteiger partial charge >= 0.3 is 5.69 Å². The Labute approximate surface area is 151 Å². The number of aromatic nitrogens is 3. The molecule has 0 radical (unpaired) electrons. The number of hydrogen-bond donors (Lipinski definition) is 6. The molecular formula is C17H19N3O7. The molecule has 27 heavy (non-hydrogen) atoms. The van der Waals surface area contributed by atoms with Gasteiger partial charge in [0.05, 0.1) is 23.8 Å². The van der Waals surface area contributed by atoms with E-state index in [9.17, 15) is 29.7 Å². The van der Waals surface area contributed by atoms with Gasteiger partial charge in [-0.05, 0) is 30.2 Å². The highest BCUT2D eigenvalue weighted by atomic mass is 16.4. The van der Waals surface area contributed by atoms with Gasteiger partial charge in [0.2, 0.25) is 0 Å². The molecule has 0 aromatic carbocycles. The summed E-state index contributed by atoms with van der Waals surface area (Å²) in [5.74, 6) is 0. The summed E-state index contributed by atoms with van der Waals surface area (Å²) in [5.41, 5.74) is -0.446. The van der Waals surface area contributed by atoms with Crippen LogP contribution in [0.4, 0.5) is 0 Å². The number of aliphatic hydroxyl groups excluding tert-OH is 4. The fourth-order valence-corrected chi connectivity index (χ4v) is 3.01. The van der Waals surface area contributed by atoms with Gasteiger partial charge in [-0.25, -0.2) is 4.79 Å². The molecule has 0 amide bonds. The molecule has 2 aliphatic rings. The third kappa shape index (κ3) is 3.69. The second-order valence-electron chi connectivity index (χ2n) is 6.28. The number of nitrogens with zero attached hydrogens (tertiary/aromatic N) is 1. The van der Waals surface area contributed by atoms with Gasteiger partial charge in [0, 0.05) is 12.6 Å². The van der Waals surface area contributed by atoms with Crippen LogP contribution in [0.2, 0.25) is 0 Å².